The molecule has 2 aromatic rings. The summed E-state index contributed by atoms with van der Waals surface area (Å²) in [5, 5.41) is 6.36. The highest BCUT2D eigenvalue weighted by Gasteiger charge is 2.08. The normalized spacial score (nSPS) is 10.6. The van der Waals surface area contributed by atoms with Crippen LogP contribution in [0.3, 0.4) is 0 Å². The van der Waals surface area contributed by atoms with Crippen LogP contribution in [0.2, 0.25) is 0 Å². The summed E-state index contributed by atoms with van der Waals surface area (Å²) in [5.41, 5.74) is 0.676. The monoisotopic (exact) mass is 403 g/mol. The van der Waals surface area contributed by atoms with E-state index in [-0.39, 0.29) is 19.1 Å². The lowest BCUT2D eigenvalue weighted by Crippen LogP contribution is -2.18. The van der Waals surface area contributed by atoms with Crippen molar-refractivity contribution in [3.63, 3.8) is 0 Å². The van der Waals surface area contributed by atoms with Crippen LogP contribution in [-0.4, -0.2) is 22.7 Å². The molecule has 6 nitrogen and oxygen atoms in total. The van der Waals surface area contributed by atoms with Crippen LogP contribution in [0.25, 0.3) is 0 Å². The molecule has 1 aromatic carbocycles. The van der Waals surface area contributed by atoms with Crippen molar-refractivity contribution in [2.75, 3.05) is 11.9 Å². The van der Waals surface area contributed by atoms with Crippen molar-refractivity contribution in [2.45, 2.75) is 13.5 Å². The number of ether oxygens (including phenoxy) is 1. The zero-order valence-electron chi connectivity index (χ0n) is 10.5. The van der Waals surface area contributed by atoms with Gasteiger partial charge in [-0.2, -0.15) is 4.98 Å². The van der Waals surface area contributed by atoms with E-state index in [1.807, 2.05) is 12.1 Å². The third-order valence-corrected chi connectivity index (χ3v) is 3.38. The van der Waals surface area contributed by atoms with Gasteiger partial charge in [-0.3, -0.25) is 4.79 Å². The van der Waals surface area contributed by atoms with Gasteiger partial charge in [0, 0.05) is 8.95 Å². The standard InChI is InChI=1S/C12H11Br2N3O3/c1-7-15-12(20-17-7)6-19-5-11(18)16-10-3-2-8(13)4-9(10)14/h2-4H,5-6H2,1H3,(H,16,18). The Morgan fingerprint density at radius 3 is 2.90 bits per heavy atom. The van der Waals surface area contributed by atoms with Crippen molar-refractivity contribution in [1.82, 2.24) is 10.1 Å². The van der Waals surface area contributed by atoms with E-state index in [0.29, 0.717) is 17.4 Å². The number of benzene rings is 1. The van der Waals surface area contributed by atoms with Gasteiger partial charge in [0.05, 0.1) is 5.69 Å². The van der Waals surface area contributed by atoms with Gasteiger partial charge in [0.15, 0.2) is 5.82 Å². The fourth-order valence-electron chi connectivity index (χ4n) is 1.41. The van der Waals surface area contributed by atoms with E-state index in [2.05, 4.69) is 47.3 Å². The molecule has 0 saturated heterocycles. The van der Waals surface area contributed by atoms with E-state index < -0.39 is 0 Å². The number of amides is 1. The lowest BCUT2D eigenvalue weighted by atomic mass is 10.3. The van der Waals surface area contributed by atoms with Crippen molar-refractivity contribution in [3.8, 4) is 0 Å². The molecule has 0 aliphatic heterocycles. The van der Waals surface area contributed by atoms with Crippen LogP contribution in [0.15, 0.2) is 31.7 Å². The summed E-state index contributed by atoms with van der Waals surface area (Å²) in [6.07, 6.45) is 0. The van der Waals surface area contributed by atoms with Crippen molar-refractivity contribution in [1.29, 1.82) is 0 Å². The Morgan fingerprint density at radius 2 is 2.25 bits per heavy atom. The van der Waals surface area contributed by atoms with Gasteiger partial charge >= 0.3 is 0 Å². The molecule has 0 bridgehead atoms. The zero-order valence-corrected chi connectivity index (χ0v) is 13.7. The molecule has 1 aromatic heterocycles. The third kappa shape index (κ3) is 4.39. The quantitative estimate of drug-likeness (QED) is 0.828. The first-order valence-corrected chi connectivity index (χ1v) is 7.25. The van der Waals surface area contributed by atoms with E-state index in [0.717, 1.165) is 8.95 Å². The van der Waals surface area contributed by atoms with Gasteiger partial charge in [0.25, 0.3) is 5.89 Å². The molecule has 1 heterocycles. The van der Waals surface area contributed by atoms with Gasteiger partial charge in [-0.25, -0.2) is 0 Å². The number of hydrogen-bond acceptors (Lipinski definition) is 5. The Bertz CT molecular complexity index is 616. The summed E-state index contributed by atoms with van der Waals surface area (Å²) in [5.74, 6) is 0.622. The Morgan fingerprint density at radius 1 is 1.45 bits per heavy atom. The van der Waals surface area contributed by atoms with Crippen molar-refractivity contribution in [2.24, 2.45) is 0 Å². The first kappa shape index (κ1) is 15.1. The van der Waals surface area contributed by atoms with Crippen LogP contribution in [-0.2, 0) is 16.1 Å². The molecule has 1 N–H and O–H groups in total. The molecule has 106 valence electrons. The lowest BCUT2D eigenvalue weighted by molar-refractivity contribution is -0.121. The molecule has 0 spiro atoms. The maximum Gasteiger partial charge on any atom is 0.252 e. The lowest BCUT2D eigenvalue weighted by Gasteiger charge is -2.07. The van der Waals surface area contributed by atoms with E-state index in [1.54, 1.807) is 13.0 Å². The van der Waals surface area contributed by atoms with Gasteiger partial charge in [0.1, 0.15) is 13.2 Å². The first-order valence-electron chi connectivity index (χ1n) is 5.66. The Balaban J connectivity index is 1.80. The van der Waals surface area contributed by atoms with Gasteiger partial charge in [-0.15, -0.1) is 0 Å². The number of hydrogen-bond donors (Lipinski definition) is 1. The maximum atomic E-state index is 11.7. The minimum absolute atomic E-state index is 0.0933. The molecule has 0 aliphatic carbocycles. The van der Waals surface area contributed by atoms with Crippen LogP contribution in [0.1, 0.15) is 11.7 Å². The predicted molar refractivity (Wildman–Crippen MR) is 79.2 cm³/mol. The summed E-state index contributed by atoms with van der Waals surface area (Å²) < 4.78 is 11.8. The summed E-state index contributed by atoms with van der Waals surface area (Å²) in [6, 6.07) is 5.47. The topological polar surface area (TPSA) is 77.2 Å². The van der Waals surface area contributed by atoms with Crippen molar-refractivity contribution >= 4 is 43.5 Å². The van der Waals surface area contributed by atoms with Crippen LogP contribution in [0, 0.1) is 6.92 Å². The van der Waals surface area contributed by atoms with Crippen molar-refractivity contribution in [3.05, 3.63) is 38.9 Å². The smallest absolute Gasteiger partial charge is 0.252 e. The second-order valence-electron chi connectivity index (χ2n) is 3.90. The number of rotatable bonds is 5. The van der Waals surface area contributed by atoms with E-state index in [9.17, 15) is 4.79 Å². The fourth-order valence-corrected chi connectivity index (χ4v) is 2.55. The Hall–Kier alpha value is -1.25. The van der Waals surface area contributed by atoms with Crippen LogP contribution >= 0.6 is 31.9 Å². The Labute approximate surface area is 132 Å². The molecule has 0 fully saturated rings. The molecule has 20 heavy (non-hydrogen) atoms. The highest BCUT2D eigenvalue weighted by molar-refractivity contribution is 9.11. The van der Waals surface area contributed by atoms with Crippen LogP contribution in [0.5, 0.6) is 0 Å². The molecule has 0 aliphatic rings. The summed E-state index contributed by atoms with van der Waals surface area (Å²) >= 11 is 6.71. The summed E-state index contributed by atoms with van der Waals surface area (Å²) in [6.45, 7) is 1.73. The first-order chi connectivity index (χ1) is 9.54. The minimum Gasteiger partial charge on any atom is -0.362 e. The number of aromatic nitrogens is 2. The van der Waals surface area contributed by atoms with Crippen molar-refractivity contribution < 1.29 is 14.1 Å². The van der Waals surface area contributed by atoms with Crippen LogP contribution < -0.4 is 5.32 Å². The SMILES string of the molecule is Cc1noc(COCC(=O)Nc2ccc(Br)cc2Br)n1. The van der Waals surface area contributed by atoms with Gasteiger partial charge in [-0.1, -0.05) is 21.1 Å². The number of nitrogens with zero attached hydrogens (tertiary/aromatic N) is 2. The molecule has 8 heteroatoms. The largest absolute Gasteiger partial charge is 0.362 e. The number of aryl methyl sites for hydroxylation is 1. The van der Waals surface area contributed by atoms with Crippen LogP contribution in [0.4, 0.5) is 5.69 Å². The highest BCUT2D eigenvalue weighted by Crippen LogP contribution is 2.25. The zero-order chi connectivity index (χ0) is 14.5. The van der Waals surface area contributed by atoms with E-state index in [4.69, 9.17) is 9.26 Å². The molecule has 0 radical (unpaired) electrons. The second kappa shape index (κ2) is 6.96. The third-order valence-electron chi connectivity index (χ3n) is 2.23. The summed E-state index contributed by atoms with van der Waals surface area (Å²) in [4.78, 5) is 15.7. The molecule has 2 rings (SSSR count). The number of anilines is 1. The molecule has 0 saturated carbocycles. The Kier molecular flexibility index (Phi) is 5.27. The van der Waals surface area contributed by atoms with Gasteiger partial charge in [-0.05, 0) is 41.1 Å². The molecule has 0 unspecified atom stereocenters. The van der Waals surface area contributed by atoms with Gasteiger partial charge < -0.3 is 14.6 Å². The molecular formula is C12H11Br2N3O3. The number of halogens is 2. The maximum absolute atomic E-state index is 11.7. The summed E-state index contributed by atoms with van der Waals surface area (Å²) in [7, 11) is 0. The second-order valence-corrected chi connectivity index (χ2v) is 5.67. The number of nitrogens with one attached hydrogen (secondary N) is 1. The van der Waals surface area contributed by atoms with E-state index in [1.165, 1.54) is 0 Å². The average Bonchev–Trinajstić information content (AvgIpc) is 2.79. The molecule has 0 atom stereocenters. The molecule has 1 amide bonds. The average molecular weight is 405 g/mol. The highest BCUT2D eigenvalue weighted by atomic mass is 79.9. The number of carbonyl (C=O) groups excluding carboxylic acids is 1. The molecular weight excluding hydrogens is 394 g/mol. The number of carbonyl (C=O) groups is 1. The fraction of sp³-hybridized carbons (Fsp3) is 0.250. The predicted octanol–water partition coefficient (Wildman–Crippen LogP) is 3.06. The minimum atomic E-state index is -0.260. The van der Waals surface area contributed by atoms with Gasteiger partial charge in [0.2, 0.25) is 5.91 Å². The van der Waals surface area contributed by atoms with E-state index >= 15 is 0 Å².